The molecule has 10 heteroatoms. The van der Waals surface area contributed by atoms with E-state index in [2.05, 4.69) is 25.6 Å². The summed E-state index contributed by atoms with van der Waals surface area (Å²) in [6, 6.07) is 3.51. The van der Waals surface area contributed by atoms with Crippen molar-refractivity contribution in [3.63, 3.8) is 0 Å². The van der Waals surface area contributed by atoms with E-state index in [-0.39, 0.29) is 82.2 Å². The molecule has 0 aromatic carbocycles. The fourth-order valence-corrected chi connectivity index (χ4v) is 2.08. The van der Waals surface area contributed by atoms with Crippen LogP contribution in [-0.2, 0) is 17.6 Å². The maximum atomic E-state index is 11.6. The van der Waals surface area contributed by atoms with Crippen molar-refractivity contribution in [2.75, 3.05) is 18.4 Å². The Kier molecular flexibility index (Phi) is 10.0. The number of pyridine rings is 1. The van der Waals surface area contributed by atoms with Gasteiger partial charge in [0, 0.05) is 30.5 Å². The van der Waals surface area contributed by atoms with Gasteiger partial charge in [-0.1, -0.05) is 13.5 Å². The summed E-state index contributed by atoms with van der Waals surface area (Å²) in [6.45, 7) is 2.01. The summed E-state index contributed by atoms with van der Waals surface area (Å²) in [7, 11) is 0. The standard InChI is InChI=1S/C16H20N7O2.Rb/c1-2-10-9-21-16(14(22-10)15(18)25)23-12-4-5-19-11(7-12)3-6-20-13(24)8-17;/h4-5,7,9,17H,2-3,6,8H2,1H3,(H2,18,25)(H,20,24)(H,19,21,23);/q-1;+1. The monoisotopic (exact) mass is 427 g/mol. The van der Waals surface area contributed by atoms with Gasteiger partial charge < -0.3 is 22.1 Å². The summed E-state index contributed by atoms with van der Waals surface area (Å²) in [5.41, 5.74) is 14.5. The Morgan fingerprint density at radius 2 is 2.04 bits per heavy atom. The zero-order valence-corrected chi connectivity index (χ0v) is 19.8. The normalized spacial score (nSPS) is 9.92. The maximum Gasteiger partial charge on any atom is 1.00 e. The zero-order valence-electron chi connectivity index (χ0n) is 14.9. The Balaban J connectivity index is 0.00000338. The number of nitrogens with one attached hydrogen (secondary N) is 3. The number of aromatic nitrogens is 3. The Labute approximate surface area is 200 Å². The van der Waals surface area contributed by atoms with Crippen LogP contribution in [0, 0.1) is 0 Å². The van der Waals surface area contributed by atoms with Gasteiger partial charge in [-0.05, 0) is 18.6 Å². The second-order valence-corrected chi connectivity index (χ2v) is 5.21. The van der Waals surface area contributed by atoms with Crippen molar-refractivity contribution in [1.29, 1.82) is 0 Å². The number of hydrogen-bond donors (Lipinski definition) is 3. The van der Waals surface area contributed by atoms with E-state index >= 15 is 0 Å². The molecule has 0 saturated carbocycles. The molecule has 0 atom stereocenters. The first-order valence-corrected chi connectivity index (χ1v) is 7.82. The van der Waals surface area contributed by atoms with E-state index in [9.17, 15) is 9.59 Å². The van der Waals surface area contributed by atoms with Crippen LogP contribution in [0.3, 0.4) is 0 Å². The number of nitrogens with two attached hydrogens (primary N) is 1. The van der Waals surface area contributed by atoms with Crippen LogP contribution in [0.5, 0.6) is 0 Å². The first-order valence-electron chi connectivity index (χ1n) is 7.82. The van der Waals surface area contributed by atoms with E-state index in [1.807, 2.05) is 6.92 Å². The molecule has 0 bridgehead atoms. The molecular formula is C16H20N7O2Rb. The molecule has 2 rings (SSSR count). The molecule has 0 aliphatic carbocycles. The van der Waals surface area contributed by atoms with Gasteiger partial charge in [0.15, 0.2) is 17.4 Å². The molecule has 5 N–H and O–H groups in total. The second-order valence-electron chi connectivity index (χ2n) is 5.21. The molecule has 0 saturated heterocycles. The summed E-state index contributed by atoms with van der Waals surface area (Å²) < 4.78 is 0. The van der Waals surface area contributed by atoms with E-state index in [4.69, 9.17) is 11.5 Å². The predicted octanol–water partition coefficient (Wildman–Crippen LogP) is -2.01. The number of anilines is 2. The van der Waals surface area contributed by atoms with Crippen LogP contribution in [-0.4, -0.2) is 39.9 Å². The first-order chi connectivity index (χ1) is 12.0. The van der Waals surface area contributed by atoms with Crippen LogP contribution < -0.4 is 74.6 Å². The van der Waals surface area contributed by atoms with Crippen molar-refractivity contribution in [3.05, 3.63) is 47.3 Å². The van der Waals surface area contributed by atoms with Gasteiger partial charge in [-0.25, -0.2) is 9.97 Å². The van der Waals surface area contributed by atoms with E-state index in [1.54, 1.807) is 24.5 Å². The van der Waals surface area contributed by atoms with E-state index in [0.717, 1.165) is 5.69 Å². The molecule has 9 nitrogen and oxygen atoms in total. The van der Waals surface area contributed by atoms with Gasteiger partial charge in [0.05, 0.1) is 11.9 Å². The quantitative estimate of drug-likeness (QED) is 0.443. The Morgan fingerprint density at radius 3 is 2.69 bits per heavy atom. The van der Waals surface area contributed by atoms with Crippen LogP contribution in [0.2, 0.25) is 0 Å². The smallest absolute Gasteiger partial charge is 0.670 e. The van der Waals surface area contributed by atoms with Crippen molar-refractivity contribution in [1.82, 2.24) is 20.3 Å². The minimum absolute atomic E-state index is 0. The fourth-order valence-electron chi connectivity index (χ4n) is 2.08. The van der Waals surface area contributed by atoms with Gasteiger partial charge in [-0.15, -0.1) is 0 Å². The van der Waals surface area contributed by atoms with Gasteiger partial charge in [0.1, 0.15) is 0 Å². The number of amides is 2. The molecule has 0 unspecified atom stereocenters. The number of hydrogen-bond acceptors (Lipinski definition) is 6. The van der Waals surface area contributed by atoms with E-state index < -0.39 is 5.91 Å². The number of carbonyl (C=O) groups excluding carboxylic acids is 2. The third-order valence-electron chi connectivity index (χ3n) is 3.36. The maximum absolute atomic E-state index is 11.6. The van der Waals surface area contributed by atoms with Gasteiger partial charge >= 0.3 is 58.2 Å². The van der Waals surface area contributed by atoms with Crippen molar-refractivity contribution in [2.24, 2.45) is 5.73 Å². The molecular weight excluding hydrogens is 408 g/mol. The molecule has 132 valence electrons. The molecule has 2 heterocycles. The van der Waals surface area contributed by atoms with Crippen molar-refractivity contribution in [3.8, 4) is 0 Å². The summed E-state index contributed by atoms with van der Waals surface area (Å²) >= 11 is 0. The Morgan fingerprint density at radius 1 is 1.27 bits per heavy atom. The van der Waals surface area contributed by atoms with Crippen molar-refractivity contribution < 1.29 is 67.8 Å². The molecule has 0 aliphatic heterocycles. The number of carbonyl (C=O) groups is 2. The third kappa shape index (κ3) is 6.80. The largest absolute Gasteiger partial charge is 1.00 e. The number of aryl methyl sites for hydroxylation is 1. The molecule has 0 spiro atoms. The Bertz CT molecular complexity index is 770. The fraction of sp³-hybridized carbons (Fsp3) is 0.312. The second kappa shape index (κ2) is 11.4. The minimum atomic E-state index is -0.655. The molecule has 2 aromatic rings. The minimum Gasteiger partial charge on any atom is -0.670 e. The molecule has 2 amide bonds. The SMILES string of the molecule is CCc1cnc(Nc2ccnc(CCNC(=O)C[NH-])c2)c(C(N)=O)n1.[Rb+]. The molecule has 0 fully saturated rings. The first kappa shape index (κ1) is 22.8. The van der Waals surface area contributed by atoms with Crippen LogP contribution in [0.15, 0.2) is 24.5 Å². The van der Waals surface area contributed by atoms with Crippen molar-refractivity contribution >= 4 is 23.3 Å². The topological polar surface area (TPSA) is 147 Å². The van der Waals surface area contributed by atoms with Crippen LogP contribution >= 0.6 is 0 Å². The van der Waals surface area contributed by atoms with Crippen molar-refractivity contribution in [2.45, 2.75) is 19.8 Å². The molecule has 26 heavy (non-hydrogen) atoms. The average molecular weight is 428 g/mol. The van der Waals surface area contributed by atoms with Crippen LogP contribution in [0.1, 0.15) is 28.8 Å². The number of primary amides is 1. The van der Waals surface area contributed by atoms with Gasteiger partial charge in [0.25, 0.3) is 5.91 Å². The van der Waals surface area contributed by atoms with E-state index in [1.165, 1.54) is 0 Å². The van der Waals surface area contributed by atoms with Crippen LogP contribution in [0.4, 0.5) is 11.5 Å². The summed E-state index contributed by atoms with van der Waals surface area (Å²) in [5, 5.41) is 5.64. The van der Waals surface area contributed by atoms with Gasteiger partial charge in [-0.2, -0.15) is 0 Å². The van der Waals surface area contributed by atoms with E-state index in [0.29, 0.717) is 30.8 Å². The molecule has 0 aliphatic rings. The van der Waals surface area contributed by atoms with Crippen LogP contribution in [0.25, 0.3) is 5.73 Å². The molecule has 2 aromatic heterocycles. The Hall–Kier alpha value is -1.26. The summed E-state index contributed by atoms with van der Waals surface area (Å²) in [4.78, 5) is 35.3. The van der Waals surface area contributed by atoms with Gasteiger partial charge in [0.2, 0.25) is 0 Å². The summed E-state index contributed by atoms with van der Waals surface area (Å²) in [5.74, 6) is -0.700. The number of nitrogens with zero attached hydrogens (tertiary/aromatic N) is 3. The van der Waals surface area contributed by atoms with Gasteiger partial charge in [-0.3, -0.25) is 14.6 Å². The zero-order chi connectivity index (χ0) is 18.2. The summed E-state index contributed by atoms with van der Waals surface area (Å²) in [6.07, 6.45) is 4.37. The number of rotatable bonds is 8. The third-order valence-corrected chi connectivity index (χ3v) is 3.36. The predicted molar refractivity (Wildman–Crippen MR) is 93.4 cm³/mol. The average Bonchev–Trinajstić information content (AvgIpc) is 2.62. The molecule has 0 radical (unpaired) electrons.